The highest BCUT2D eigenvalue weighted by Crippen LogP contribution is 2.22. The first-order valence-corrected chi connectivity index (χ1v) is 8.20. The van der Waals surface area contributed by atoms with Crippen molar-refractivity contribution in [2.75, 3.05) is 14.1 Å². The normalized spacial score (nSPS) is 10.8. The van der Waals surface area contributed by atoms with Crippen molar-refractivity contribution in [1.82, 2.24) is 4.90 Å². The summed E-state index contributed by atoms with van der Waals surface area (Å²) < 4.78 is 5.96. The molecule has 0 aromatic heterocycles. The highest BCUT2D eigenvalue weighted by atomic mass is 16.5. The summed E-state index contributed by atoms with van der Waals surface area (Å²) in [6.45, 7) is 4.65. The second-order valence-corrected chi connectivity index (χ2v) is 6.03. The van der Waals surface area contributed by atoms with Crippen LogP contribution in [0.15, 0.2) is 54.7 Å². The van der Waals surface area contributed by atoms with Crippen LogP contribution in [-0.2, 0) is 13.0 Å². The van der Waals surface area contributed by atoms with Crippen LogP contribution in [0.5, 0.6) is 5.75 Å². The number of aryl methyl sites for hydroxylation is 2. The Kier molecular flexibility index (Phi) is 6.19. The Morgan fingerprint density at radius 2 is 1.83 bits per heavy atom. The molecule has 0 radical (unpaired) electrons. The molecule has 2 aromatic carbocycles. The standard InChI is InChI=1S/C21H25NO2/c1-5-17-8-6-7-9-19(17)15-24-21-11-10-18(14-16(21)2)20(23)12-13-22(3)4/h6-14H,5,15H2,1-4H3. The molecule has 3 heteroatoms. The third-order valence-electron chi connectivity index (χ3n) is 3.87. The maximum Gasteiger partial charge on any atom is 0.187 e. The fraction of sp³-hybridized carbons (Fsp3) is 0.286. The van der Waals surface area contributed by atoms with Gasteiger partial charge in [0.05, 0.1) is 0 Å². The van der Waals surface area contributed by atoms with Gasteiger partial charge < -0.3 is 9.64 Å². The van der Waals surface area contributed by atoms with Crippen LogP contribution >= 0.6 is 0 Å². The van der Waals surface area contributed by atoms with E-state index in [-0.39, 0.29) is 5.78 Å². The molecule has 0 aliphatic rings. The second kappa shape index (κ2) is 8.34. The van der Waals surface area contributed by atoms with Gasteiger partial charge in [0, 0.05) is 31.9 Å². The molecular weight excluding hydrogens is 298 g/mol. The summed E-state index contributed by atoms with van der Waals surface area (Å²) in [5.74, 6) is 0.809. The summed E-state index contributed by atoms with van der Waals surface area (Å²) in [5, 5.41) is 0. The molecule has 3 nitrogen and oxygen atoms in total. The highest BCUT2D eigenvalue weighted by Gasteiger charge is 2.07. The predicted octanol–water partition coefficient (Wildman–Crippen LogP) is 4.39. The largest absolute Gasteiger partial charge is 0.489 e. The van der Waals surface area contributed by atoms with Gasteiger partial charge in [0.25, 0.3) is 0 Å². The highest BCUT2D eigenvalue weighted by molar-refractivity contribution is 6.04. The van der Waals surface area contributed by atoms with E-state index in [1.165, 1.54) is 11.1 Å². The van der Waals surface area contributed by atoms with Gasteiger partial charge in [-0.3, -0.25) is 4.79 Å². The zero-order valence-corrected chi connectivity index (χ0v) is 14.9. The number of hydrogen-bond acceptors (Lipinski definition) is 3. The lowest BCUT2D eigenvalue weighted by Gasteiger charge is -2.12. The van der Waals surface area contributed by atoms with Crippen molar-refractivity contribution < 1.29 is 9.53 Å². The lowest BCUT2D eigenvalue weighted by Crippen LogP contribution is -2.04. The first-order valence-electron chi connectivity index (χ1n) is 8.20. The van der Waals surface area contributed by atoms with Gasteiger partial charge in [-0.15, -0.1) is 0 Å². The third kappa shape index (κ3) is 4.72. The minimum Gasteiger partial charge on any atom is -0.489 e. The van der Waals surface area contributed by atoms with Crippen molar-refractivity contribution in [1.29, 1.82) is 0 Å². The first-order chi connectivity index (χ1) is 11.5. The molecule has 0 amide bonds. The SMILES string of the molecule is CCc1ccccc1COc1ccc(C(=O)C=CN(C)C)cc1C. The van der Waals surface area contributed by atoms with E-state index in [2.05, 4.69) is 25.1 Å². The molecule has 0 spiro atoms. The molecule has 0 bridgehead atoms. The van der Waals surface area contributed by atoms with Crippen molar-refractivity contribution >= 4 is 5.78 Å². The number of ketones is 1. The van der Waals surface area contributed by atoms with Gasteiger partial charge in [-0.25, -0.2) is 0 Å². The zero-order chi connectivity index (χ0) is 17.5. The lowest BCUT2D eigenvalue weighted by atomic mass is 10.1. The van der Waals surface area contributed by atoms with Crippen LogP contribution in [0.1, 0.15) is 34.0 Å². The number of nitrogens with zero attached hydrogens (tertiary/aromatic N) is 1. The number of carbonyl (C=O) groups excluding carboxylic acids is 1. The summed E-state index contributed by atoms with van der Waals surface area (Å²) in [6, 6.07) is 13.9. The van der Waals surface area contributed by atoms with Gasteiger partial charge in [-0.05, 0) is 48.2 Å². The van der Waals surface area contributed by atoms with E-state index in [1.54, 1.807) is 12.3 Å². The smallest absolute Gasteiger partial charge is 0.187 e. The van der Waals surface area contributed by atoms with E-state index in [0.717, 1.165) is 17.7 Å². The number of ether oxygens (including phenoxy) is 1. The quantitative estimate of drug-likeness (QED) is 0.559. The van der Waals surface area contributed by atoms with Crippen molar-refractivity contribution in [2.45, 2.75) is 26.9 Å². The van der Waals surface area contributed by atoms with Crippen molar-refractivity contribution in [3.8, 4) is 5.75 Å². The summed E-state index contributed by atoms with van der Waals surface area (Å²) in [6.07, 6.45) is 4.32. The number of carbonyl (C=O) groups is 1. The molecule has 24 heavy (non-hydrogen) atoms. The Hall–Kier alpha value is -2.55. The Labute approximate surface area is 144 Å². The number of benzene rings is 2. The zero-order valence-electron chi connectivity index (χ0n) is 14.9. The molecule has 0 unspecified atom stereocenters. The summed E-state index contributed by atoms with van der Waals surface area (Å²) in [4.78, 5) is 14.0. The molecule has 0 heterocycles. The van der Waals surface area contributed by atoms with Crippen LogP contribution in [0, 0.1) is 6.92 Å². The van der Waals surface area contributed by atoms with Crippen LogP contribution < -0.4 is 4.74 Å². The van der Waals surface area contributed by atoms with Crippen molar-refractivity contribution in [3.63, 3.8) is 0 Å². The van der Waals surface area contributed by atoms with Crippen LogP contribution in [0.4, 0.5) is 0 Å². The van der Waals surface area contributed by atoms with Crippen LogP contribution in [-0.4, -0.2) is 24.8 Å². The molecular formula is C21H25NO2. The fourth-order valence-corrected chi connectivity index (χ4v) is 2.48. The van der Waals surface area contributed by atoms with E-state index in [1.807, 2.05) is 50.2 Å². The Morgan fingerprint density at radius 3 is 2.46 bits per heavy atom. The molecule has 0 saturated heterocycles. The molecule has 0 atom stereocenters. The van der Waals surface area contributed by atoms with Crippen molar-refractivity contribution in [2.24, 2.45) is 0 Å². The molecule has 2 rings (SSSR count). The Balaban J connectivity index is 2.09. The number of allylic oxidation sites excluding steroid dienone is 1. The monoisotopic (exact) mass is 323 g/mol. The molecule has 0 aliphatic heterocycles. The average Bonchev–Trinajstić information content (AvgIpc) is 2.58. The maximum atomic E-state index is 12.1. The average molecular weight is 323 g/mol. The molecule has 0 N–H and O–H groups in total. The van der Waals surface area contributed by atoms with E-state index < -0.39 is 0 Å². The Bertz CT molecular complexity index is 732. The summed E-state index contributed by atoms with van der Waals surface area (Å²) in [5.41, 5.74) is 4.14. The molecule has 0 saturated carbocycles. The minimum atomic E-state index is -0.00493. The van der Waals surface area contributed by atoms with Crippen LogP contribution in [0.3, 0.4) is 0 Å². The third-order valence-corrected chi connectivity index (χ3v) is 3.87. The van der Waals surface area contributed by atoms with Gasteiger partial charge in [-0.2, -0.15) is 0 Å². The molecule has 2 aromatic rings. The molecule has 0 aliphatic carbocycles. The number of rotatable bonds is 7. The van der Waals surface area contributed by atoms with E-state index >= 15 is 0 Å². The molecule has 126 valence electrons. The van der Waals surface area contributed by atoms with Gasteiger partial charge in [0.15, 0.2) is 5.78 Å². The maximum absolute atomic E-state index is 12.1. The van der Waals surface area contributed by atoms with E-state index in [4.69, 9.17) is 4.74 Å². The van der Waals surface area contributed by atoms with Crippen molar-refractivity contribution in [3.05, 3.63) is 77.0 Å². The van der Waals surface area contributed by atoms with Gasteiger partial charge in [0.1, 0.15) is 12.4 Å². The predicted molar refractivity (Wildman–Crippen MR) is 98.5 cm³/mol. The van der Waals surface area contributed by atoms with Gasteiger partial charge in [-0.1, -0.05) is 31.2 Å². The van der Waals surface area contributed by atoms with Crippen LogP contribution in [0.25, 0.3) is 0 Å². The lowest BCUT2D eigenvalue weighted by molar-refractivity contribution is 0.104. The van der Waals surface area contributed by atoms with E-state index in [9.17, 15) is 4.79 Å². The molecule has 0 fully saturated rings. The van der Waals surface area contributed by atoms with E-state index in [0.29, 0.717) is 12.2 Å². The first kappa shape index (κ1) is 17.8. The van der Waals surface area contributed by atoms with Crippen LogP contribution in [0.2, 0.25) is 0 Å². The Morgan fingerprint density at radius 1 is 1.12 bits per heavy atom. The summed E-state index contributed by atoms with van der Waals surface area (Å²) in [7, 11) is 3.78. The topological polar surface area (TPSA) is 29.5 Å². The fourth-order valence-electron chi connectivity index (χ4n) is 2.48. The van der Waals surface area contributed by atoms with Gasteiger partial charge in [0.2, 0.25) is 0 Å². The minimum absolute atomic E-state index is 0.00493. The number of hydrogen-bond donors (Lipinski definition) is 0. The summed E-state index contributed by atoms with van der Waals surface area (Å²) >= 11 is 0. The van der Waals surface area contributed by atoms with Gasteiger partial charge >= 0.3 is 0 Å². The second-order valence-electron chi connectivity index (χ2n) is 6.03.